The largest absolute Gasteiger partial charge is 0.375 e. The first-order valence-corrected chi connectivity index (χ1v) is 8.03. The van der Waals surface area contributed by atoms with Crippen LogP contribution in [0.4, 0.5) is 10.3 Å². The van der Waals surface area contributed by atoms with Crippen molar-refractivity contribution in [2.75, 3.05) is 11.1 Å². The van der Waals surface area contributed by atoms with Crippen molar-refractivity contribution in [3.63, 3.8) is 0 Å². The molecule has 1 amide bonds. The van der Waals surface area contributed by atoms with Crippen LogP contribution in [0.1, 0.15) is 32.6 Å². The number of thiazole rings is 2. The summed E-state index contributed by atoms with van der Waals surface area (Å²) in [4.78, 5) is 32.6. The molecule has 1 aromatic carbocycles. The first kappa shape index (κ1) is 14.6. The lowest BCUT2D eigenvalue weighted by molar-refractivity contribution is 0.101. The van der Waals surface area contributed by atoms with Gasteiger partial charge in [-0.3, -0.25) is 14.9 Å². The quantitative estimate of drug-likeness (QED) is 0.718. The van der Waals surface area contributed by atoms with Crippen LogP contribution in [-0.4, -0.2) is 21.7 Å². The molecule has 0 aliphatic rings. The third-order valence-electron chi connectivity index (χ3n) is 3.00. The number of carbonyl (C=O) groups excluding carboxylic acids is 2. The molecule has 0 spiro atoms. The predicted molar refractivity (Wildman–Crippen MR) is 88.8 cm³/mol. The van der Waals surface area contributed by atoms with E-state index in [1.807, 2.05) is 0 Å². The fourth-order valence-corrected chi connectivity index (χ4v) is 3.66. The van der Waals surface area contributed by atoms with Crippen molar-refractivity contribution in [1.29, 1.82) is 0 Å². The first-order valence-electron chi connectivity index (χ1n) is 6.40. The number of fused-ring (bicyclic) bond motifs is 1. The van der Waals surface area contributed by atoms with Gasteiger partial charge in [0.1, 0.15) is 0 Å². The number of benzene rings is 1. The van der Waals surface area contributed by atoms with Gasteiger partial charge in [0, 0.05) is 12.5 Å². The molecule has 0 aliphatic carbocycles. The molecule has 6 nitrogen and oxygen atoms in total. The van der Waals surface area contributed by atoms with Gasteiger partial charge >= 0.3 is 0 Å². The van der Waals surface area contributed by atoms with Crippen molar-refractivity contribution in [3.8, 4) is 0 Å². The zero-order chi connectivity index (χ0) is 15.9. The zero-order valence-electron chi connectivity index (χ0n) is 11.8. The minimum Gasteiger partial charge on any atom is -0.375 e. The molecule has 8 heteroatoms. The number of anilines is 2. The number of amides is 1. The number of carbonyl (C=O) groups is 2. The minimum atomic E-state index is -0.280. The minimum absolute atomic E-state index is 0.0583. The second kappa shape index (κ2) is 5.47. The van der Waals surface area contributed by atoms with Crippen LogP contribution < -0.4 is 11.1 Å². The van der Waals surface area contributed by atoms with Crippen LogP contribution in [0.25, 0.3) is 10.2 Å². The van der Waals surface area contributed by atoms with E-state index < -0.39 is 0 Å². The van der Waals surface area contributed by atoms with E-state index in [0.29, 0.717) is 26.4 Å². The van der Waals surface area contributed by atoms with E-state index in [4.69, 9.17) is 5.73 Å². The standard InChI is InChI=1S/C14H12N4O2S2/c1-6-11(7(2)19)22-14(16-6)18-12(20)8-3-4-9-10(5-8)21-13(15)17-9/h3-5H,1-2H3,(H2,15,17)(H,16,18,20). The predicted octanol–water partition coefficient (Wildman–Crippen LogP) is 3.10. The molecule has 3 rings (SSSR count). The topological polar surface area (TPSA) is 98.0 Å². The molecule has 22 heavy (non-hydrogen) atoms. The highest BCUT2D eigenvalue weighted by Crippen LogP contribution is 2.26. The molecular formula is C14H12N4O2S2. The SMILES string of the molecule is CC(=O)c1sc(NC(=O)c2ccc3nc(N)sc3c2)nc1C. The molecule has 0 atom stereocenters. The number of hydrogen-bond acceptors (Lipinski definition) is 7. The third-order valence-corrected chi connectivity index (χ3v) is 5.03. The average Bonchev–Trinajstić information content (AvgIpc) is 2.99. The Hall–Kier alpha value is -2.32. The summed E-state index contributed by atoms with van der Waals surface area (Å²) in [6, 6.07) is 5.18. The molecule has 0 unspecified atom stereocenters. The Morgan fingerprint density at radius 2 is 2.00 bits per heavy atom. The van der Waals surface area contributed by atoms with Gasteiger partial charge in [-0.1, -0.05) is 22.7 Å². The maximum absolute atomic E-state index is 12.3. The summed E-state index contributed by atoms with van der Waals surface area (Å²) >= 11 is 2.51. The number of nitrogens with two attached hydrogens (primary N) is 1. The summed E-state index contributed by atoms with van der Waals surface area (Å²) < 4.78 is 0.852. The van der Waals surface area contributed by atoms with Crippen LogP contribution >= 0.6 is 22.7 Å². The number of Topliss-reactive ketones (excluding diaryl/α,β-unsaturated/α-hetero) is 1. The summed E-state index contributed by atoms with van der Waals surface area (Å²) in [5, 5.41) is 3.60. The van der Waals surface area contributed by atoms with E-state index in [1.165, 1.54) is 29.6 Å². The summed E-state index contributed by atoms with van der Waals surface area (Å²) in [6.45, 7) is 3.23. The van der Waals surface area contributed by atoms with Gasteiger partial charge in [0.2, 0.25) is 0 Å². The van der Waals surface area contributed by atoms with Gasteiger partial charge in [-0.15, -0.1) is 0 Å². The molecule has 3 aromatic rings. The number of aryl methyl sites for hydroxylation is 1. The summed E-state index contributed by atoms with van der Waals surface area (Å²) in [5.74, 6) is -0.338. The van der Waals surface area contributed by atoms with Gasteiger partial charge in [-0.25, -0.2) is 9.97 Å². The van der Waals surface area contributed by atoms with Crippen molar-refractivity contribution < 1.29 is 9.59 Å². The molecule has 112 valence electrons. The van der Waals surface area contributed by atoms with Gasteiger partial charge < -0.3 is 5.73 Å². The fourth-order valence-electron chi connectivity index (χ4n) is 2.03. The van der Waals surface area contributed by atoms with Crippen molar-refractivity contribution in [2.45, 2.75) is 13.8 Å². The Bertz CT molecular complexity index is 898. The number of rotatable bonds is 3. The molecule has 2 aromatic heterocycles. The van der Waals surface area contributed by atoms with Crippen LogP contribution in [0.15, 0.2) is 18.2 Å². The highest BCUT2D eigenvalue weighted by Gasteiger charge is 2.15. The molecule has 2 heterocycles. The third kappa shape index (κ3) is 2.70. The second-order valence-corrected chi connectivity index (χ2v) is 6.74. The highest BCUT2D eigenvalue weighted by atomic mass is 32.1. The lowest BCUT2D eigenvalue weighted by atomic mass is 10.2. The monoisotopic (exact) mass is 332 g/mol. The van der Waals surface area contributed by atoms with Gasteiger partial charge in [-0.05, 0) is 25.1 Å². The molecule has 0 bridgehead atoms. The summed E-state index contributed by atoms with van der Waals surface area (Å²) in [5.41, 5.74) is 7.54. The smallest absolute Gasteiger partial charge is 0.257 e. The van der Waals surface area contributed by atoms with Gasteiger partial charge in [0.05, 0.1) is 20.8 Å². The van der Waals surface area contributed by atoms with E-state index in [0.717, 1.165) is 10.2 Å². The normalized spacial score (nSPS) is 10.8. The maximum atomic E-state index is 12.3. The number of nitrogens with one attached hydrogen (secondary N) is 1. The maximum Gasteiger partial charge on any atom is 0.257 e. The van der Waals surface area contributed by atoms with Crippen LogP contribution in [-0.2, 0) is 0 Å². The van der Waals surface area contributed by atoms with E-state index in [2.05, 4.69) is 15.3 Å². The van der Waals surface area contributed by atoms with Crippen molar-refractivity contribution in [2.24, 2.45) is 0 Å². The van der Waals surface area contributed by atoms with E-state index in [-0.39, 0.29) is 11.7 Å². The Morgan fingerprint density at radius 3 is 2.68 bits per heavy atom. The average molecular weight is 332 g/mol. The Morgan fingerprint density at radius 1 is 1.23 bits per heavy atom. The van der Waals surface area contributed by atoms with Crippen molar-refractivity contribution in [3.05, 3.63) is 34.3 Å². The molecule has 3 N–H and O–H groups in total. The molecule has 0 aliphatic heterocycles. The van der Waals surface area contributed by atoms with Crippen LogP contribution in [0.2, 0.25) is 0 Å². The number of hydrogen-bond donors (Lipinski definition) is 2. The molecule has 0 saturated heterocycles. The summed E-state index contributed by atoms with van der Waals surface area (Å²) in [7, 11) is 0. The number of ketones is 1. The van der Waals surface area contributed by atoms with Crippen molar-refractivity contribution in [1.82, 2.24) is 9.97 Å². The zero-order valence-corrected chi connectivity index (χ0v) is 13.5. The van der Waals surface area contributed by atoms with E-state index in [9.17, 15) is 9.59 Å². The fraction of sp³-hybridized carbons (Fsp3) is 0.143. The lowest BCUT2D eigenvalue weighted by Gasteiger charge is -2.01. The highest BCUT2D eigenvalue weighted by molar-refractivity contribution is 7.22. The van der Waals surface area contributed by atoms with Gasteiger partial charge in [0.25, 0.3) is 5.91 Å². The number of aromatic nitrogens is 2. The summed E-state index contributed by atoms with van der Waals surface area (Å²) in [6.07, 6.45) is 0. The molecule has 0 fully saturated rings. The van der Waals surface area contributed by atoms with Crippen molar-refractivity contribution >= 4 is 54.8 Å². The Labute approximate surface area is 134 Å². The second-order valence-electron chi connectivity index (χ2n) is 4.68. The van der Waals surface area contributed by atoms with Gasteiger partial charge in [-0.2, -0.15) is 0 Å². The molecular weight excluding hydrogens is 320 g/mol. The van der Waals surface area contributed by atoms with Gasteiger partial charge in [0.15, 0.2) is 16.0 Å². The molecule has 0 radical (unpaired) electrons. The number of nitrogens with zero attached hydrogens (tertiary/aromatic N) is 2. The van der Waals surface area contributed by atoms with Crippen LogP contribution in [0, 0.1) is 6.92 Å². The lowest BCUT2D eigenvalue weighted by Crippen LogP contribution is -2.11. The van der Waals surface area contributed by atoms with Crippen LogP contribution in [0.3, 0.4) is 0 Å². The van der Waals surface area contributed by atoms with Crippen LogP contribution in [0.5, 0.6) is 0 Å². The Balaban J connectivity index is 1.86. The molecule has 0 saturated carbocycles. The van der Waals surface area contributed by atoms with E-state index in [1.54, 1.807) is 25.1 Å². The number of nitrogen functional groups attached to an aromatic ring is 1. The first-order chi connectivity index (χ1) is 10.4. The Kier molecular flexibility index (Phi) is 3.63. The van der Waals surface area contributed by atoms with E-state index >= 15 is 0 Å².